The van der Waals surface area contributed by atoms with Crippen LogP contribution in [0.1, 0.15) is 23.8 Å². The van der Waals surface area contributed by atoms with E-state index in [4.69, 9.17) is 4.74 Å². The molecule has 0 bridgehead atoms. The van der Waals surface area contributed by atoms with Crippen LogP contribution in [0.4, 0.5) is 0 Å². The average Bonchev–Trinajstić information content (AvgIpc) is 2.79. The van der Waals surface area contributed by atoms with E-state index in [-0.39, 0.29) is 11.3 Å². The molecule has 1 N–H and O–H groups in total. The third-order valence-corrected chi connectivity index (χ3v) is 2.39. The molecule has 5 nitrogen and oxygen atoms in total. The van der Waals surface area contributed by atoms with Crippen molar-refractivity contribution in [1.29, 1.82) is 0 Å². The van der Waals surface area contributed by atoms with Crippen molar-refractivity contribution in [3.63, 3.8) is 0 Å². The first-order valence-corrected chi connectivity index (χ1v) is 5.77. The summed E-state index contributed by atoms with van der Waals surface area (Å²) < 4.78 is 6.27. The van der Waals surface area contributed by atoms with E-state index in [1.165, 1.54) is 10.7 Å². The van der Waals surface area contributed by atoms with Gasteiger partial charge in [-0.05, 0) is 18.6 Å². The zero-order valence-corrected chi connectivity index (χ0v) is 10.1. The van der Waals surface area contributed by atoms with E-state index in [9.17, 15) is 9.59 Å². The SMILES string of the molecule is CCCOC(=O)c1cc(=O)n(-c2ccccc2)[nH]1. The predicted octanol–water partition coefficient (Wildman–Crippen LogP) is 1.73. The largest absolute Gasteiger partial charge is 0.461 e. The van der Waals surface area contributed by atoms with Gasteiger partial charge in [-0.15, -0.1) is 0 Å². The van der Waals surface area contributed by atoms with Gasteiger partial charge >= 0.3 is 5.97 Å². The molecule has 0 spiro atoms. The van der Waals surface area contributed by atoms with Gasteiger partial charge in [0, 0.05) is 6.07 Å². The molecule has 94 valence electrons. The molecule has 5 heteroatoms. The molecule has 18 heavy (non-hydrogen) atoms. The van der Waals surface area contributed by atoms with Crippen molar-refractivity contribution in [2.24, 2.45) is 0 Å². The van der Waals surface area contributed by atoms with Gasteiger partial charge < -0.3 is 4.74 Å². The van der Waals surface area contributed by atoms with Gasteiger partial charge in [-0.3, -0.25) is 9.89 Å². The Labute approximate surface area is 104 Å². The summed E-state index contributed by atoms with van der Waals surface area (Å²) in [6.45, 7) is 2.25. The summed E-state index contributed by atoms with van der Waals surface area (Å²) in [7, 11) is 0. The molecule has 0 saturated carbocycles. The number of esters is 1. The third-order valence-electron chi connectivity index (χ3n) is 2.39. The number of aromatic nitrogens is 2. The Balaban J connectivity index is 2.28. The predicted molar refractivity (Wildman–Crippen MR) is 67.0 cm³/mol. The summed E-state index contributed by atoms with van der Waals surface area (Å²) in [6, 6.07) is 10.3. The smallest absolute Gasteiger partial charge is 0.356 e. The molecule has 0 unspecified atom stereocenters. The minimum atomic E-state index is -0.511. The van der Waals surface area contributed by atoms with Gasteiger partial charge in [0.1, 0.15) is 5.69 Å². The number of nitrogens with zero attached hydrogens (tertiary/aromatic N) is 1. The Morgan fingerprint density at radius 2 is 2.06 bits per heavy atom. The quantitative estimate of drug-likeness (QED) is 0.835. The second kappa shape index (κ2) is 5.35. The maximum atomic E-state index is 11.7. The van der Waals surface area contributed by atoms with Gasteiger partial charge in [-0.25, -0.2) is 9.48 Å². The molecule has 2 aromatic rings. The number of carbonyl (C=O) groups is 1. The van der Waals surface area contributed by atoms with E-state index >= 15 is 0 Å². The molecular formula is C13H14N2O3. The Hall–Kier alpha value is -2.30. The number of H-pyrrole nitrogens is 1. The van der Waals surface area contributed by atoms with Crippen molar-refractivity contribution in [2.45, 2.75) is 13.3 Å². The van der Waals surface area contributed by atoms with E-state index in [1.54, 1.807) is 12.1 Å². The normalized spacial score (nSPS) is 10.3. The van der Waals surface area contributed by atoms with Crippen LogP contribution in [0.25, 0.3) is 5.69 Å². The monoisotopic (exact) mass is 246 g/mol. The number of nitrogens with one attached hydrogen (secondary N) is 1. The molecule has 1 heterocycles. The van der Waals surface area contributed by atoms with Crippen molar-refractivity contribution in [1.82, 2.24) is 9.78 Å². The van der Waals surface area contributed by atoms with Crippen LogP contribution in [0.2, 0.25) is 0 Å². The molecule has 1 aromatic heterocycles. The van der Waals surface area contributed by atoms with Gasteiger partial charge in [0.05, 0.1) is 12.3 Å². The van der Waals surface area contributed by atoms with Crippen molar-refractivity contribution in [3.8, 4) is 5.69 Å². The molecule has 0 radical (unpaired) electrons. The van der Waals surface area contributed by atoms with Gasteiger partial charge in [0.15, 0.2) is 0 Å². The van der Waals surface area contributed by atoms with Crippen molar-refractivity contribution < 1.29 is 9.53 Å². The second-order valence-electron chi connectivity index (χ2n) is 3.81. The summed E-state index contributed by atoms with van der Waals surface area (Å²) in [6.07, 6.45) is 0.745. The van der Waals surface area contributed by atoms with Crippen LogP contribution in [0, 0.1) is 0 Å². The summed E-state index contributed by atoms with van der Waals surface area (Å²) in [5.41, 5.74) is 0.555. The zero-order chi connectivity index (χ0) is 13.0. The maximum absolute atomic E-state index is 11.7. The van der Waals surface area contributed by atoms with Crippen molar-refractivity contribution >= 4 is 5.97 Å². The summed E-state index contributed by atoms with van der Waals surface area (Å²) in [5.74, 6) is -0.511. The minimum Gasteiger partial charge on any atom is -0.461 e. The first kappa shape index (κ1) is 12.2. The minimum absolute atomic E-state index is 0.164. The first-order valence-electron chi connectivity index (χ1n) is 5.77. The lowest BCUT2D eigenvalue weighted by atomic mass is 10.3. The second-order valence-corrected chi connectivity index (χ2v) is 3.81. The van der Waals surface area contributed by atoms with Crippen LogP contribution in [-0.2, 0) is 4.74 Å². The maximum Gasteiger partial charge on any atom is 0.356 e. The fraction of sp³-hybridized carbons (Fsp3) is 0.231. The highest BCUT2D eigenvalue weighted by Gasteiger charge is 2.12. The molecule has 0 aliphatic carbocycles. The number of hydrogen-bond donors (Lipinski definition) is 1. The lowest BCUT2D eigenvalue weighted by Crippen LogP contribution is -2.13. The molecular weight excluding hydrogens is 232 g/mol. The Kier molecular flexibility index (Phi) is 3.62. The van der Waals surface area contributed by atoms with E-state index in [2.05, 4.69) is 5.10 Å². The molecule has 0 atom stereocenters. The third kappa shape index (κ3) is 2.51. The number of rotatable bonds is 4. The van der Waals surface area contributed by atoms with E-state index in [0.29, 0.717) is 12.3 Å². The summed E-state index contributed by atoms with van der Waals surface area (Å²) in [5, 5.41) is 2.74. The van der Waals surface area contributed by atoms with Crippen molar-refractivity contribution in [3.05, 3.63) is 52.4 Å². The summed E-state index contributed by atoms with van der Waals surface area (Å²) in [4.78, 5) is 23.3. The topological polar surface area (TPSA) is 64.1 Å². The van der Waals surface area contributed by atoms with Gasteiger partial charge in [-0.1, -0.05) is 25.1 Å². The highest BCUT2D eigenvalue weighted by molar-refractivity contribution is 5.87. The molecule has 0 saturated heterocycles. The van der Waals surface area contributed by atoms with E-state index in [1.807, 2.05) is 25.1 Å². The first-order chi connectivity index (χ1) is 8.72. The highest BCUT2D eigenvalue weighted by Crippen LogP contribution is 2.04. The number of aromatic amines is 1. The fourth-order valence-electron chi connectivity index (χ4n) is 1.54. The molecule has 0 fully saturated rings. The van der Waals surface area contributed by atoms with E-state index in [0.717, 1.165) is 6.42 Å². The Morgan fingerprint density at radius 1 is 1.33 bits per heavy atom. The molecule has 0 aliphatic rings. The van der Waals surface area contributed by atoms with Crippen LogP contribution >= 0.6 is 0 Å². The lowest BCUT2D eigenvalue weighted by molar-refractivity contribution is 0.0497. The van der Waals surface area contributed by atoms with Crippen LogP contribution in [0.5, 0.6) is 0 Å². The molecule has 0 aliphatic heterocycles. The molecule has 1 aromatic carbocycles. The number of benzene rings is 1. The van der Waals surface area contributed by atoms with Crippen LogP contribution in [0.3, 0.4) is 0 Å². The number of para-hydroxylation sites is 1. The van der Waals surface area contributed by atoms with Gasteiger partial charge in [-0.2, -0.15) is 0 Å². The average molecular weight is 246 g/mol. The van der Waals surface area contributed by atoms with E-state index < -0.39 is 5.97 Å². The fourth-order valence-corrected chi connectivity index (χ4v) is 1.54. The van der Waals surface area contributed by atoms with Crippen LogP contribution in [-0.4, -0.2) is 22.4 Å². The number of carbonyl (C=O) groups excluding carboxylic acids is 1. The van der Waals surface area contributed by atoms with Gasteiger partial charge in [0.25, 0.3) is 5.56 Å². The summed E-state index contributed by atoms with van der Waals surface area (Å²) >= 11 is 0. The Bertz CT molecular complexity index is 584. The molecule has 2 rings (SSSR count). The van der Waals surface area contributed by atoms with Crippen LogP contribution < -0.4 is 5.56 Å². The van der Waals surface area contributed by atoms with Crippen LogP contribution in [0.15, 0.2) is 41.2 Å². The Morgan fingerprint density at radius 3 is 2.72 bits per heavy atom. The van der Waals surface area contributed by atoms with Crippen molar-refractivity contribution in [2.75, 3.05) is 6.61 Å². The lowest BCUT2D eigenvalue weighted by Gasteiger charge is -2.02. The van der Waals surface area contributed by atoms with Gasteiger partial charge in [0.2, 0.25) is 0 Å². The standard InChI is InChI=1S/C13H14N2O3/c1-2-8-18-13(17)11-9-12(16)15(14-11)10-6-4-3-5-7-10/h3-7,9,14H,2,8H2,1H3. The highest BCUT2D eigenvalue weighted by atomic mass is 16.5. The number of hydrogen-bond acceptors (Lipinski definition) is 3. The number of ether oxygens (including phenoxy) is 1. The molecule has 0 amide bonds. The zero-order valence-electron chi connectivity index (χ0n) is 10.1.